The summed E-state index contributed by atoms with van der Waals surface area (Å²) in [5.74, 6) is -0.430. The molecular weight excluding hydrogens is 369 g/mol. The number of carbonyl (C=O) groups excluding carboxylic acids is 1. The lowest BCUT2D eigenvalue weighted by molar-refractivity contribution is -0.122. The summed E-state index contributed by atoms with van der Waals surface area (Å²) in [6.45, 7) is 5.49. The largest absolute Gasteiger partial charge is 0.336 e. The summed E-state index contributed by atoms with van der Waals surface area (Å²) in [5, 5.41) is 0.665. The second kappa shape index (κ2) is 7.39. The van der Waals surface area contributed by atoms with E-state index in [-0.39, 0.29) is 17.2 Å². The molecule has 0 saturated carbocycles. The molecule has 8 heteroatoms. The first-order chi connectivity index (χ1) is 9.94. The Bertz CT molecular complexity index is 622. The van der Waals surface area contributed by atoms with Gasteiger partial charge in [-0.25, -0.2) is 8.42 Å². The van der Waals surface area contributed by atoms with Crippen LogP contribution in [0.4, 0.5) is 0 Å². The van der Waals surface area contributed by atoms with Gasteiger partial charge in [-0.05, 0) is 25.0 Å². The molecule has 1 aromatic carbocycles. The van der Waals surface area contributed by atoms with Gasteiger partial charge in [0.2, 0.25) is 19.5 Å². The third kappa shape index (κ3) is 5.30. The Labute approximate surface area is 146 Å². The van der Waals surface area contributed by atoms with Crippen molar-refractivity contribution in [1.29, 1.82) is 0 Å². The molecule has 0 aromatic heterocycles. The van der Waals surface area contributed by atoms with Crippen molar-refractivity contribution < 1.29 is 13.2 Å². The molecule has 22 heavy (non-hydrogen) atoms. The third-order valence-corrected chi connectivity index (χ3v) is 5.91. The smallest absolute Gasteiger partial charge is 0.225 e. The lowest BCUT2D eigenvalue weighted by Gasteiger charge is -2.25. The van der Waals surface area contributed by atoms with Gasteiger partial charge in [-0.3, -0.25) is 4.79 Å². The van der Waals surface area contributed by atoms with Gasteiger partial charge < -0.3 is 5.32 Å². The highest BCUT2D eigenvalue weighted by molar-refractivity contribution is 7.92. The Morgan fingerprint density at radius 2 is 1.68 bits per heavy atom. The highest BCUT2D eigenvalue weighted by Gasteiger charge is 2.44. The van der Waals surface area contributed by atoms with E-state index in [0.29, 0.717) is 0 Å². The van der Waals surface area contributed by atoms with Crippen LogP contribution in [-0.2, 0) is 14.6 Å². The summed E-state index contributed by atoms with van der Waals surface area (Å²) in [7, 11) is -4.03. The van der Waals surface area contributed by atoms with Crippen LogP contribution in [0, 0.1) is 12.8 Å². The summed E-state index contributed by atoms with van der Waals surface area (Å²) in [6.07, 6.45) is 0.140. The molecule has 0 radical (unpaired) electrons. The maximum atomic E-state index is 12.6. The number of aryl methyl sites for hydroxylation is 1. The Hall–Kier alpha value is -0.490. The fourth-order valence-corrected chi connectivity index (χ4v) is 4.42. The molecule has 0 aliphatic carbocycles. The number of halogens is 3. The average molecular weight is 387 g/mol. The van der Waals surface area contributed by atoms with E-state index in [0.717, 1.165) is 5.56 Å². The van der Waals surface area contributed by atoms with Crippen LogP contribution < -0.4 is 5.32 Å². The third-order valence-electron chi connectivity index (χ3n) is 2.84. The van der Waals surface area contributed by atoms with E-state index >= 15 is 0 Å². The summed E-state index contributed by atoms with van der Waals surface area (Å²) in [6, 6.07) is 6.11. The average Bonchev–Trinajstić information content (AvgIpc) is 2.34. The molecule has 0 heterocycles. The number of amides is 1. The molecular formula is C14H18Cl3NO3S. The molecule has 0 unspecified atom stereocenters. The monoisotopic (exact) mass is 385 g/mol. The summed E-state index contributed by atoms with van der Waals surface area (Å²) in [5.41, 5.74) is 0.897. The first-order valence-electron chi connectivity index (χ1n) is 6.61. The molecule has 1 amide bonds. The van der Waals surface area contributed by atoms with E-state index in [1.54, 1.807) is 12.1 Å². The lowest BCUT2D eigenvalue weighted by atomic mass is 10.1. The fourth-order valence-electron chi connectivity index (χ4n) is 1.78. The highest BCUT2D eigenvalue weighted by atomic mass is 35.6. The molecule has 1 N–H and O–H groups in total. The zero-order valence-electron chi connectivity index (χ0n) is 12.4. The molecule has 1 atom stereocenters. The maximum absolute atomic E-state index is 12.6. The van der Waals surface area contributed by atoms with Crippen LogP contribution in [0.2, 0.25) is 0 Å². The number of nitrogens with one attached hydrogen (secondary N) is 1. The van der Waals surface area contributed by atoms with Crippen LogP contribution in [0.5, 0.6) is 0 Å². The Balaban J connectivity index is 3.16. The van der Waals surface area contributed by atoms with Crippen LogP contribution in [0.3, 0.4) is 0 Å². The van der Waals surface area contributed by atoms with Crippen LogP contribution >= 0.6 is 34.8 Å². The van der Waals surface area contributed by atoms with Gasteiger partial charge in [-0.1, -0.05) is 66.3 Å². The van der Waals surface area contributed by atoms with Crippen LogP contribution in [0.25, 0.3) is 0 Å². The molecule has 124 valence electrons. The SMILES string of the molecule is Cc1ccc(S(=O)(=O)[C@H](NC(=O)CC(C)C)C(Cl)(Cl)Cl)cc1. The number of hydrogen-bond donors (Lipinski definition) is 1. The molecule has 0 aliphatic heterocycles. The van der Waals surface area contributed by atoms with E-state index in [4.69, 9.17) is 34.8 Å². The van der Waals surface area contributed by atoms with Gasteiger partial charge in [0.1, 0.15) is 0 Å². The topological polar surface area (TPSA) is 63.2 Å². The first kappa shape index (κ1) is 19.6. The predicted molar refractivity (Wildman–Crippen MR) is 90.0 cm³/mol. The predicted octanol–water partition coefficient (Wildman–Crippen LogP) is 3.63. The van der Waals surface area contributed by atoms with Gasteiger partial charge in [0, 0.05) is 6.42 Å². The van der Waals surface area contributed by atoms with Crippen LogP contribution in [0.1, 0.15) is 25.8 Å². The van der Waals surface area contributed by atoms with Gasteiger partial charge in [0.15, 0.2) is 5.37 Å². The number of hydrogen-bond acceptors (Lipinski definition) is 3. The van der Waals surface area contributed by atoms with Crippen molar-refractivity contribution in [2.24, 2.45) is 5.92 Å². The minimum absolute atomic E-state index is 0.0146. The second-order valence-corrected chi connectivity index (χ2v) is 9.85. The molecule has 0 saturated heterocycles. The Kier molecular flexibility index (Phi) is 6.57. The van der Waals surface area contributed by atoms with Gasteiger partial charge in [0.05, 0.1) is 4.90 Å². The maximum Gasteiger partial charge on any atom is 0.225 e. The number of sulfone groups is 1. The van der Waals surface area contributed by atoms with Gasteiger partial charge >= 0.3 is 0 Å². The van der Waals surface area contributed by atoms with E-state index in [1.165, 1.54) is 12.1 Å². The Morgan fingerprint density at radius 3 is 2.09 bits per heavy atom. The quantitative estimate of drug-likeness (QED) is 0.786. The number of alkyl halides is 3. The van der Waals surface area contributed by atoms with Crippen LogP contribution in [0.15, 0.2) is 29.2 Å². The highest BCUT2D eigenvalue weighted by Crippen LogP contribution is 2.36. The Morgan fingerprint density at radius 1 is 1.18 bits per heavy atom. The molecule has 0 bridgehead atoms. The van der Waals surface area contributed by atoms with Crippen molar-refractivity contribution in [1.82, 2.24) is 5.32 Å². The zero-order valence-corrected chi connectivity index (χ0v) is 15.5. The summed E-state index contributed by atoms with van der Waals surface area (Å²) in [4.78, 5) is 11.9. The molecule has 1 rings (SSSR count). The van der Waals surface area contributed by atoms with E-state index in [1.807, 2.05) is 20.8 Å². The van der Waals surface area contributed by atoms with Crippen molar-refractivity contribution in [2.45, 2.75) is 41.3 Å². The summed E-state index contributed by atoms with van der Waals surface area (Å²) < 4.78 is 23.1. The van der Waals surface area contributed by atoms with Crippen molar-refractivity contribution in [3.8, 4) is 0 Å². The van der Waals surface area contributed by atoms with Crippen molar-refractivity contribution in [3.63, 3.8) is 0 Å². The van der Waals surface area contributed by atoms with Gasteiger partial charge in [0.25, 0.3) is 0 Å². The van der Waals surface area contributed by atoms with E-state index in [2.05, 4.69) is 5.32 Å². The van der Waals surface area contributed by atoms with Gasteiger partial charge in [-0.15, -0.1) is 0 Å². The van der Waals surface area contributed by atoms with E-state index < -0.39 is 24.9 Å². The van der Waals surface area contributed by atoms with E-state index in [9.17, 15) is 13.2 Å². The molecule has 0 spiro atoms. The van der Waals surface area contributed by atoms with Crippen molar-refractivity contribution >= 4 is 50.5 Å². The number of rotatable bonds is 5. The minimum atomic E-state index is -4.03. The van der Waals surface area contributed by atoms with Crippen molar-refractivity contribution in [2.75, 3.05) is 0 Å². The lowest BCUT2D eigenvalue weighted by Crippen LogP contribution is -2.49. The first-order valence-corrected chi connectivity index (χ1v) is 9.29. The second-order valence-electron chi connectivity index (χ2n) is 5.45. The standard InChI is InChI=1S/C14H18Cl3NO3S/c1-9(2)8-12(19)18-13(14(15,16)17)22(20,21)11-6-4-10(3)5-7-11/h4-7,9,13H,8H2,1-3H3,(H,18,19)/t13-/m0/s1. The number of carbonyl (C=O) groups is 1. The minimum Gasteiger partial charge on any atom is -0.336 e. The number of benzene rings is 1. The molecule has 0 aliphatic rings. The molecule has 0 fully saturated rings. The zero-order chi connectivity index (χ0) is 17.1. The fraction of sp³-hybridized carbons (Fsp3) is 0.500. The summed E-state index contributed by atoms with van der Waals surface area (Å²) >= 11 is 17.3. The van der Waals surface area contributed by atoms with Gasteiger partial charge in [-0.2, -0.15) is 0 Å². The van der Waals surface area contributed by atoms with Crippen molar-refractivity contribution in [3.05, 3.63) is 29.8 Å². The molecule has 1 aromatic rings. The molecule has 4 nitrogen and oxygen atoms in total. The van der Waals surface area contributed by atoms with Crippen LogP contribution in [-0.4, -0.2) is 23.5 Å². The normalized spacial score (nSPS) is 14.0.